The quantitative estimate of drug-likeness (QED) is 0.764. The Morgan fingerprint density at radius 3 is 2.86 bits per heavy atom. The van der Waals surface area contributed by atoms with Gasteiger partial charge >= 0.3 is 5.97 Å². The molecule has 2 aromatic heterocycles. The zero-order valence-corrected chi connectivity index (χ0v) is 8.59. The Kier molecular flexibility index (Phi) is 2.30. The third kappa shape index (κ3) is 1.53. The van der Waals surface area contributed by atoms with Crippen LogP contribution in [0.2, 0.25) is 0 Å². The highest BCUT2D eigenvalue weighted by molar-refractivity contribution is 8.00. The molecule has 0 amide bonds. The molecular formula is C6H4N4O2S2. The maximum Gasteiger partial charge on any atom is 0.375 e. The van der Waals surface area contributed by atoms with Crippen LogP contribution in [-0.2, 0) is 0 Å². The Labute approximate surface area is 86.4 Å². The Morgan fingerprint density at radius 1 is 1.43 bits per heavy atom. The monoisotopic (exact) mass is 228 g/mol. The van der Waals surface area contributed by atoms with Crippen molar-refractivity contribution in [1.29, 1.82) is 0 Å². The maximum atomic E-state index is 10.5. The number of aromatic nitrogens is 4. The van der Waals surface area contributed by atoms with E-state index in [1.165, 1.54) is 23.1 Å². The van der Waals surface area contributed by atoms with E-state index in [-0.39, 0.29) is 5.82 Å². The van der Waals surface area contributed by atoms with Crippen LogP contribution in [-0.4, -0.2) is 37.5 Å². The highest BCUT2D eigenvalue weighted by Crippen LogP contribution is 2.24. The maximum absolute atomic E-state index is 10.5. The van der Waals surface area contributed by atoms with Gasteiger partial charge < -0.3 is 5.11 Å². The number of carboxylic acids is 1. The van der Waals surface area contributed by atoms with E-state index in [4.69, 9.17) is 5.11 Å². The van der Waals surface area contributed by atoms with Crippen molar-refractivity contribution in [3.05, 3.63) is 5.82 Å². The van der Waals surface area contributed by atoms with Crippen molar-refractivity contribution in [2.45, 2.75) is 4.34 Å². The van der Waals surface area contributed by atoms with Crippen molar-refractivity contribution in [3.8, 4) is 0 Å². The summed E-state index contributed by atoms with van der Waals surface area (Å²) in [7, 11) is 0. The third-order valence-corrected chi connectivity index (χ3v) is 3.31. The zero-order valence-electron chi connectivity index (χ0n) is 6.96. The molecule has 0 unspecified atom stereocenters. The molecular weight excluding hydrogens is 224 g/mol. The van der Waals surface area contributed by atoms with E-state index < -0.39 is 5.97 Å². The number of thiazole rings is 1. The van der Waals surface area contributed by atoms with Crippen molar-refractivity contribution < 1.29 is 9.90 Å². The Hall–Kier alpha value is -1.28. The number of carboxylic acid groups (broad SMARTS) is 1. The fraction of sp³-hybridized carbons (Fsp3) is 0.167. The summed E-state index contributed by atoms with van der Waals surface area (Å²) in [5, 5.41) is 15.7. The first-order valence-electron chi connectivity index (χ1n) is 3.49. The predicted octanol–water partition coefficient (Wildman–Crippen LogP) is 0.901. The van der Waals surface area contributed by atoms with Gasteiger partial charge in [-0.05, 0) is 6.26 Å². The molecule has 0 spiro atoms. The highest BCUT2D eigenvalue weighted by atomic mass is 32.2. The zero-order chi connectivity index (χ0) is 10.1. The molecule has 0 aliphatic rings. The number of carbonyl (C=O) groups is 1. The highest BCUT2D eigenvalue weighted by Gasteiger charge is 2.12. The van der Waals surface area contributed by atoms with E-state index in [9.17, 15) is 4.79 Å². The summed E-state index contributed by atoms with van der Waals surface area (Å²) in [6.45, 7) is 0. The molecule has 72 valence electrons. The van der Waals surface area contributed by atoms with E-state index in [0.717, 1.165) is 4.34 Å². The van der Waals surface area contributed by atoms with Gasteiger partial charge in [0.2, 0.25) is 5.65 Å². The van der Waals surface area contributed by atoms with Crippen LogP contribution in [0, 0.1) is 0 Å². The normalized spacial score (nSPS) is 10.6. The lowest BCUT2D eigenvalue weighted by atomic mass is 10.6. The van der Waals surface area contributed by atoms with Crippen LogP contribution in [0.1, 0.15) is 10.6 Å². The van der Waals surface area contributed by atoms with Crippen LogP contribution in [0.15, 0.2) is 4.34 Å². The lowest BCUT2D eigenvalue weighted by molar-refractivity contribution is 0.0682. The summed E-state index contributed by atoms with van der Waals surface area (Å²) in [6, 6.07) is 0. The van der Waals surface area contributed by atoms with Gasteiger partial charge in [-0.3, -0.25) is 0 Å². The molecule has 8 heteroatoms. The molecule has 2 rings (SSSR count). The van der Waals surface area contributed by atoms with Gasteiger partial charge in [0.15, 0.2) is 9.17 Å². The molecule has 6 nitrogen and oxygen atoms in total. The molecule has 2 heterocycles. The fourth-order valence-corrected chi connectivity index (χ4v) is 2.17. The number of rotatable bonds is 2. The van der Waals surface area contributed by atoms with Gasteiger partial charge in [0, 0.05) is 0 Å². The molecule has 0 aliphatic heterocycles. The largest absolute Gasteiger partial charge is 0.475 e. The first-order valence-corrected chi connectivity index (χ1v) is 5.53. The lowest BCUT2D eigenvalue weighted by Crippen LogP contribution is -2.04. The summed E-state index contributed by atoms with van der Waals surface area (Å²) < 4.78 is 0.796. The van der Waals surface area contributed by atoms with Gasteiger partial charge in [0.05, 0.1) is 0 Å². The molecule has 0 radical (unpaired) electrons. The smallest absolute Gasteiger partial charge is 0.375 e. The second-order valence-electron chi connectivity index (χ2n) is 2.25. The summed E-state index contributed by atoms with van der Waals surface area (Å²) in [4.78, 5) is 18.9. The summed E-state index contributed by atoms with van der Waals surface area (Å²) in [5.74, 6) is -1.48. The van der Waals surface area contributed by atoms with Gasteiger partial charge in [0.1, 0.15) is 0 Å². The van der Waals surface area contributed by atoms with E-state index >= 15 is 0 Å². The minimum atomic E-state index is -1.18. The molecule has 0 aromatic carbocycles. The number of aromatic carboxylic acids is 1. The topological polar surface area (TPSA) is 88.9 Å². The molecule has 0 aliphatic carbocycles. The second kappa shape index (κ2) is 3.46. The van der Waals surface area contributed by atoms with Gasteiger partial charge in [-0.2, -0.15) is 0 Å². The van der Waals surface area contributed by atoms with Crippen molar-refractivity contribution in [2.75, 3.05) is 6.26 Å². The van der Waals surface area contributed by atoms with E-state index in [1.54, 1.807) is 0 Å². The SMILES string of the molecule is CSc1nc2nnc(C(=O)O)nc2s1. The average Bonchev–Trinajstić information content (AvgIpc) is 2.58. The van der Waals surface area contributed by atoms with Crippen molar-refractivity contribution in [2.24, 2.45) is 0 Å². The first-order chi connectivity index (χ1) is 6.70. The summed E-state index contributed by atoms with van der Waals surface area (Å²) in [6.07, 6.45) is 1.88. The van der Waals surface area contributed by atoms with Crippen LogP contribution >= 0.6 is 23.1 Å². The number of thioether (sulfide) groups is 1. The molecule has 14 heavy (non-hydrogen) atoms. The minimum absolute atomic E-state index is 0.297. The second-order valence-corrected chi connectivity index (χ2v) is 4.28. The van der Waals surface area contributed by atoms with E-state index in [2.05, 4.69) is 20.2 Å². The van der Waals surface area contributed by atoms with Crippen LogP contribution in [0.3, 0.4) is 0 Å². The van der Waals surface area contributed by atoms with Gasteiger partial charge in [-0.1, -0.05) is 23.1 Å². The molecule has 0 atom stereocenters. The van der Waals surface area contributed by atoms with Gasteiger partial charge in [-0.15, -0.1) is 10.2 Å². The van der Waals surface area contributed by atoms with Crippen molar-refractivity contribution in [3.63, 3.8) is 0 Å². The van der Waals surface area contributed by atoms with E-state index in [0.29, 0.717) is 10.5 Å². The Bertz CT molecular complexity index is 498. The van der Waals surface area contributed by atoms with Crippen LogP contribution in [0.25, 0.3) is 10.5 Å². The minimum Gasteiger partial charge on any atom is -0.475 e. The summed E-state index contributed by atoms with van der Waals surface area (Å²) >= 11 is 2.76. The average molecular weight is 228 g/mol. The molecule has 2 aromatic rings. The van der Waals surface area contributed by atoms with Crippen LogP contribution in [0.4, 0.5) is 0 Å². The van der Waals surface area contributed by atoms with Crippen molar-refractivity contribution in [1.82, 2.24) is 20.2 Å². The van der Waals surface area contributed by atoms with Crippen LogP contribution in [0.5, 0.6) is 0 Å². The van der Waals surface area contributed by atoms with E-state index in [1.807, 2.05) is 6.26 Å². The number of hydrogen-bond donors (Lipinski definition) is 1. The Balaban J connectivity index is 2.59. The predicted molar refractivity (Wildman–Crippen MR) is 51.7 cm³/mol. The third-order valence-electron chi connectivity index (χ3n) is 1.39. The van der Waals surface area contributed by atoms with Gasteiger partial charge in [-0.25, -0.2) is 14.8 Å². The molecule has 0 fully saturated rings. The molecule has 0 saturated heterocycles. The summed E-state index contributed by atoms with van der Waals surface area (Å²) in [5.41, 5.74) is 0.393. The lowest BCUT2D eigenvalue weighted by Gasteiger charge is -1.88. The van der Waals surface area contributed by atoms with Crippen LogP contribution < -0.4 is 0 Å². The number of fused-ring (bicyclic) bond motifs is 1. The standard InChI is InChI=1S/C6H4N4O2S2/c1-13-6-8-2-4(14-6)7-3(5(11)12)10-9-2/h1H3,(H,11,12). The number of hydrogen-bond acceptors (Lipinski definition) is 7. The van der Waals surface area contributed by atoms with Gasteiger partial charge in [0.25, 0.3) is 5.82 Å². The fourth-order valence-electron chi connectivity index (χ4n) is 0.815. The molecule has 0 saturated carbocycles. The first kappa shape index (κ1) is 9.28. The molecule has 0 bridgehead atoms. The number of nitrogens with zero attached hydrogens (tertiary/aromatic N) is 4. The Morgan fingerprint density at radius 2 is 2.21 bits per heavy atom. The van der Waals surface area contributed by atoms with Crippen molar-refractivity contribution >= 4 is 39.5 Å². The molecule has 1 N–H and O–H groups in total.